The molecule has 1 aromatic heterocycles. The second kappa shape index (κ2) is 6.34. The molecule has 0 saturated heterocycles. The molecule has 3 nitrogen and oxygen atoms in total. The number of carbonyl (C=O) groups is 1. The third-order valence-corrected chi connectivity index (χ3v) is 4.24. The third-order valence-electron chi connectivity index (χ3n) is 4.24. The summed E-state index contributed by atoms with van der Waals surface area (Å²) in [5.41, 5.74) is -0.132. The van der Waals surface area contributed by atoms with Crippen molar-refractivity contribution in [3.63, 3.8) is 0 Å². The molecule has 2 aromatic rings. The lowest BCUT2D eigenvalue weighted by Crippen LogP contribution is -2.36. The molecule has 1 aromatic carbocycles. The van der Waals surface area contributed by atoms with Gasteiger partial charge in [0.1, 0.15) is 5.76 Å². The molecule has 1 heterocycles. The summed E-state index contributed by atoms with van der Waals surface area (Å²) in [6, 6.07) is 8.36. The van der Waals surface area contributed by atoms with Gasteiger partial charge in [-0.2, -0.15) is 13.2 Å². The smallest absolute Gasteiger partial charge is 0.416 e. The molecule has 6 heteroatoms. The van der Waals surface area contributed by atoms with E-state index in [1.165, 1.54) is 12.1 Å². The summed E-state index contributed by atoms with van der Waals surface area (Å²) in [4.78, 5) is 14.5. The summed E-state index contributed by atoms with van der Waals surface area (Å²) in [5, 5.41) is 0. The van der Waals surface area contributed by atoms with Crippen LogP contribution in [0.15, 0.2) is 47.1 Å². The molecule has 0 bridgehead atoms. The number of carbonyl (C=O) groups excluding carboxylic acids is 1. The fourth-order valence-electron chi connectivity index (χ4n) is 2.83. The quantitative estimate of drug-likeness (QED) is 0.799. The van der Waals surface area contributed by atoms with Crippen molar-refractivity contribution in [2.75, 3.05) is 0 Å². The number of amides is 1. The van der Waals surface area contributed by atoms with Crippen LogP contribution < -0.4 is 0 Å². The second-order valence-corrected chi connectivity index (χ2v) is 6.10. The highest BCUT2D eigenvalue weighted by Crippen LogP contribution is 2.35. The number of halogens is 3. The van der Waals surface area contributed by atoms with Crippen molar-refractivity contribution in [3.8, 4) is 0 Å². The van der Waals surface area contributed by atoms with Crippen LogP contribution in [0.25, 0.3) is 0 Å². The summed E-state index contributed by atoms with van der Waals surface area (Å²) in [6.07, 6.45) is -0.819. The van der Waals surface area contributed by atoms with Crippen LogP contribution in [0.3, 0.4) is 0 Å². The lowest BCUT2D eigenvalue weighted by Gasteiger charge is -2.28. The molecule has 1 aliphatic carbocycles. The highest BCUT2D eigenvalue weighted by molar-refractivity contribution is 5.79. The third kappa shape index (κ3) is 3.63. The molecule has 24 heavy (non-hydrogen) atoms. The standard InChI is InChI=1S/C18H18F3NO2/c1-12(16-3-2-10-24-16)22(15-8-9-15)17(23)11-13-4-6-14(7-5-13)18(19,20)21/h2-7,10,12,15H,8-9,11H2,1H3/t12-/m0/s1. The summed E-state index contributed by atoms with van der Waals surface area (Å²) in [7, 11) is 0. The maximum absolute atomic E-state index is 12.7. The zero-order valence-electron chi connectivity index (χ0n) is 13.2. The molecule has 1 saturated carbocycles. The van der Waals surface area contributed by atoms with Gasteiger partial charge in [0.15, 0.2) is 0 Å². The van der Waals surface area contributed by atoms with Crippen molar-refractivity contribution < 1.29 is 22.4 Å². The molecule has 1 aliphatic rings. The van der Waals surface area contributed by atoms with E-state index < -0.39 is 11.7 Å². The van der Waals surface area contributed by atoms with E-state index in [0.717, 1.165) is 25.0 Å². The number of rotatable bonds is 5. The van der Waals surface area contributed by atoms with Crippen LogP contribution in [0.1, 0.15) is 42.7 Å². The first kappa shape index (κ1) is 16.6. The Morgan fingerprint density at radius 3 is 2.42 bits per heavy atom. The Balaban J connectivity index is 1.72. The molecular weight excluding hydrogens is 319 g/mol. The minimum absolute atomic E-state index is 0.0830. The Bertz CT molecular complexity index is 688. The van der Waals surface area contributed by atoms with Crippen LogP contribution in [-0.4, -0.2) is 16.8 Å². The van der Waals surface area contributed by atoms with Crippen molar-refractivity contribution in [1.29, 1.82) is 0 Å². The minimum Gasteiger partial charge on any atom is -0.467 e. The van der Waals surface area contributed by atoms with Gasteiger partial charge in [-0.1, -0.05) is 12.1 Å². The van der Waals surface area contributed by atoms with Gasteiger partial charge in [-0.25, -0.2) is 0 Å². The average Bonchev–Trinajstić information content (AvgIpc) is 3.19. The van der Waals surface area contributed by atoms with Crippen LogP contribution in [0.4, 0.5) is 13.2 Å². The maximum Gasteiger partial charge on any atom is 0.416 e. The first-order valence-electron chi connectivity index (χ1n) is 7.87. The summed E-state index contributed by atoms with van der Waals surface area (Å²) < 4.78 is 43.2. The van der Waals surface area contributed by atoms with Gasteiger partial charge in [0.25, 0.3) is 0 Å². The SMILES string of the molecule is C[C@@H](c1ccco1)N(C(=O)Cc1ccc(C(F)(F)F)cc1)C1CC1. The number of furan rings is 1. The highest BCUT2D eigenvalue weighted by atomic mass is 19.4. The number of benzene rings is 1. The van der Waals surface area contributed by atoms with E-state index in [2.05, 4.69) is 0 Å². The zero-order chi connectivity index (χ0) is 17.3. The van der Waals surface area contributed by atoms with Gasteiger partial charge in [-0.05, 0) is 49.6 Å². The maximum atomic E-state index is 12.7. The van der Waals surface area contributed by atoms with E-state index in [1.54, 1.807) is 17.2 Å². The molecule has 0 spiro atoms. The largest absolute Gasteiger partial charge is 0.467 e. The minimum atomic E-state index is -4.36. The van der Waals surface area contributed by atoms with Crippen molar-refractivity contribution in [2.24, 2.45) is 0 Å². The highest BCUT2D eigenvalue weighted by Gasteiger charge is 2.37. The van der Waals surface area contributed by atoms with Gasteiger partial charge >= 0.3 is 6.18 Å². The average molecular weight is 337 g/mol. The molecule has 0 radical (unpaired) electrons. The van der Waals surface area contributed by atoms with Crippen molar-refractivity contribution in [3.05, 3.63) is 59.5 Å². The Morgan fingerprint density at radius 2 is 1.92 bits per heavy atom. The molecule has 1 fully saturated rings. The first-order valence-corrected chi connectivity index (χ1v) is 7.87. The van der Waals surface area contributed by atoms with Gasteiger partial charge < -0.3 is 9.32 Å². The topological polar surface area (TPSA) is 33.5 Å². The van der Waals surface area contributed by atoms with E-state index in [-0.39, 0.29) is 24.4 Å². The predicted octanol–water partition coefficient (Wildman–Crippen LogP) is 4.59. The van der Waals surface area contributed by atoms with Crippen LogP contribution in [-0.2, 0) is 17.4 Å². The summed E-state index contributed by atoms with van der Waals surface area (Å²) >= 11 is 0. The first-order chi connectivity index (χ1) is 11.4. The monoisotopic (exact) mass is 337 g/mol. The molecule has 1 amide bonds. The Kier molecular flexibility index (Phi) is 4.39. The lowest BCUT2D eigenvalue weighted by atomic mass is 10.1. The Hall–Kier alpha value is -2.24. The normalized spacial score (nSPS) is 16.0. The molecule has 0 unspecified atom stereocenters. The molecular formula is C18H18F3NO2. The molecule has 0 aliphatic heterocycles. The summed E-state index contributed by atoms with van der Waals surface area (Å²) in [5.74, 6) is 0.615. The predicted molar refractivity (Wildman–Crippen MR) is 82.1 cm³/mol. The number of alkyl halides is 3. The molecule has 1 atom stereocenters. The fraction of sp³-hybridized carbons (Fsp3) is 0.389. The molecule has 0 N–H and O–H groups in total. The Morgan fingerprint density at radius 1 is 1.25 bits per heavy atom. The lowest BCUT2D eigenvalue weighted by molar-refractivity contribution is -0.137. The van der Waals surface area contributed by atoms with E-state index in [9.17, 15) is 18.0 Å². The number of hydrogen-bond acceptors (Lipinski definition) is 2. The van der Waals surface area contributed by atoms with Crippen LogP contribution in [0, 0.1) is 0 Å². The van der Waals surface area contributed by atoms with Gasteiger partial charge in [-0.15, -0.1) is 0 Å². The molecule has 3 rings (SSSR count). The summed E-state index contributed by atoms with van der Waals surface area (Å²) in [6.45, 7) is 1.90. The molecule has 128 valence electrons. The van der Waals surface area contributed by atoms with Crippen LogP contribution in [0.5, 0.6) is 0 Å². The van der Waals surface area contributed by atoms with Crippen molar-refractivity contribution in [2.45, 2.75) is 44.4 Å². The second-order valence-electron chi connectivity index (χ2n) is 6.10. The van der Waals surface area contributed by atoms with Gasteiger partial charge in [-0.3, -0.25) is 4.79 Å². The van der Waals surface area contributed by atoms with Crippen molar-refractivity contribution >= 4 is 5.91 Å². The van der Waals surface area contributed by atoms with Gasteiger partial charge in [0, 0.05) is 6.04 Å². The van der Waals surface area contributed by atoms with Gasteiger partial charge in [0.05, 0.1) is 24.3 Å². The number of nitrogens with zero attached hydrogens (tertiary/aromatic N) is 1. The van der Waals surface area contributed by atoms with Crippen molar-refractivity contribution in [1.82, 2.24) is 4.90 Å². The van der Waals surface area contributed by atoms with E-state index >= 15 is 0 Å². The van der Waals surface area contributed by atoms with Gasteiger partial charge in [0.2, 0.25) is 5.91 Å². The van der Waals surface area contributed by atoms with E-state index in [0.29, 0.717) is 11.3 Å². The Labute approximate surface area is 138 Å². The fourth-order valence-corrected chi connectivity index (χ4v) is 2.83. The zero-order valence-corrected chi connectivity index (χ0v) is 13.2. The van der Waals surface area contributed by atoms with E-state index in [1.807, 2.05) is 13.0 Å². The van der Waals surface area contributed by atoms with E-state index in [4.69, 9.17) is 4.42 Å². The van der Waals surface area contributed by atoms with Crippen LogP contribution >= 0.6 is 0 Å². The number of hydrogen-bond donors (Lipinski definition) is 0. The van der Waals surface area contributed by atoms with Crippen LogP contribution in [0.2, 0.25) is 0 Å².